The first kappa shape index (κ1) is 16.9. The van der Waals surface area contributed by atoms with Crippen LogP contribution in [-0.4, -0.2) is 27.3 Å². The van der Waals surface area contributed by atoms with Gasteiger partial charge >= 0.3 is 0 Å². The van der Waals surface area contributed by atoms with Gasteiger partial charge in [0.2, 0.25) is 5.91 Å². The van der Waals surface area contributed by atoms with Crippen molar-refractivity contribution in [3.63, 3.8) is 0 Å². The molecule has 0 unspecified atom stereocenters. The molecule has 2 rings (SSSR count). The molecule has 0 saturated carbocycles. The van der Waals surface area contributed by atoms with Crippen LogP contribution in [0.4, 0.5) is 0 Å². The molecule has 122 valence electrons. The summed E-state index contributed by atoms with van der Waals surface area (Å²) < 4.78 is 0. The summed E-state index contributed by atoms with van der Waals surface area (Å²) in [7, 11) is 0. The first-order valence-corrected chi connectivity index (χ1v) is 8.86. The van der Waals surface area contributed by atoms with Gasteiger partial charge in [0.15, 0.2) is 0 Å². The third kappa shape index (κ3) is 5.39. The number of amides is 1. The van der Waals surface area contributed by atoms with Gasteiger partial charge in [-0.2, -0.15) is 0 Å². The van der Waals surface area contributed by atoms with E-state index in [9.17, 15) is 4.79 Å². The van der Waals surface area contributed by atoms with E-state index in [1.165, 1.54) is 44.9 Å². The Balaban J connectivity index is 1.59. The third-order valence-electron chi connectivity index (χ3n) is 4.46. The molecule has 1 amide bonds. The van der Waals surface area contributed by atoms with E-state index < -0.39 is 0 Å². The van der Waals surface area contributed by atoms with E-state index in [4.69, 9.17) is 0 Å². The number of rotatable bonds is 9. The van der Waals surface area contributed by atoms with Crippen molar-refractivity contribution in [1.82, 2.24) is 14.9 Å². The third-order valence-corrected chi connectivity index (χ3v) is 4.46. The number of fused-ring (bicyclic) bond motifs is 1. The summed E-state index contributed by atoms with van der Waals surface area (Å²) in [5.41, 5.74) is 2.21. The lowest BCUT2D eigenvalue weighted by Crippen LogP contribution is -2.36. The van der Waals surface area contributed by atoms with Crippen LogP contribution >= 0.6 is 0 Å². The molecule has 0 bridgehead atoms. The number of unbranched alkanes of at least 4 members (excludes halogenated alkanes) is 7. The van der Waals surface area contributed by atoms with Crippen LogP contribution < -0.4 is 0 Å². The zero-order valence-electron chi connectivity index (χ0n) is 13.9. The van der Waals surface area contributed by atoms with Crippen LogP contribution in [0.5, 0.6) is 0 Å². The van der Waals surface area contributed by atoms with E-state index in [0.717, 1.165) is 30.6 Å². The molecule has 22 heavy (non-hydrogen) atoms. The van der Waals surface area contributed by atoms with Crippen LogP contribution in [0.1, 0.15) is 76.0 Å². The Labute approximate surface area is 134 Å². The van der Waals surface area contributed by atoms with E-state index in [2.05, 4.69) is 16.9 Å². The Morgan fingerprint density at radius 2 is 1.86 bits per heavy atom. The molecule has 2 heterocycles. The van der Waals surface area contributed by atoms with Crippen LogP contribution in [0.15, 0.2) is 12.5 Å². The summed E-state index contributed by atoms with van der Waals surface area (Å²) in [6, 6.07) is 0. The number of aromatic nitrogens is 2. The molecule has 0 aromatic carbocycles. The van der Waals surface area contributed by atoms with E-state index in [0.29, 0.717) is 18.9 Å². The van der Waals surface area contributed by atoms with Crippen molar-refractivity contribution < 1.29 is 4.79 Å². The maximum atomic E-state index is 12.3. The SMILES string of the molecule is CCCCCCCCCCC(=O)N1CCc2ncncc2C1. The van der Waals surface area contributed by atoms with Crippen LogP contribution in [0.2, 0.25) is 0 Å². The summed E-state index contributed by atoms with van der Waals surface area (Å²) in [4.78, 5) is 22.6. The molecule has 4 nitrogen and oxygen atoms in total. The lowest BCUT2D eigenvalue weighted by atomic mass is 10.1. The van der Waals surface area contributed by atoms with Crippen molar-refractivity contribution in [2.45, 2.75) is 77.7 Å². The van der Waals surface area contributed by atoms with E-state index in [1.807, 2.05) is 11.1 Å². The highest BCUT2D eigenvalue weighted by Gasteiger charge is 2.20. The summed E-state index contributed by atoms with van der Waals surface area (Å²) in [6.45, 7) is 3.74. The van der Waals surface area contributed by atoms with Crippen LogP contribution in [0.25, 0.3) is 0 Å². The molecule has 0 radical (unpaired) electrons. The highest BCUT2D eigenvalue weighted by molar-refractivity contribution is 5.76. The number of hydrogen-bond acceptors (Lipinski definition) is 3. The van der Waals surface area contributed by atoms with Crippen molar-refractivity contribution in [3.05, 3.63) is 23.8 Å². The maximum absolute atomic E-state index is 12.3. The van der Waals surface area contributed by atoms with Gasteiger partial charge in [-0.25, -0.2) is 9.97 Å². The van der Waals surface area contributed by atoms with Crippen molar-refractivity contribution in [2.24, 2.45) is 0 Å². The Morgan fingerprint density at radius 3 is 2.64 bits per heavy atom. The number of nitrogens with zero attached hydrogens (tertiary/aromatic N) is 3. The minimum atomic E-state index is 0.292. The van der Waals surface area contributed by atoms with Crippen LogP contribution in [0, 0.1) is 0 Å². The fourth-order valence-corrected chi connectivity index (χ4v) is 3.05. The van der Waals surface area contributed by atoms with Gasteiger partial charge in [0.05, 0.1) is 5.69 Å². The quantitative estimate of drug-likeness (QED) is 0.650. The first-order chi connectivity index (χ1) is 10.8. The van der Waals surface area contributed by atoms with Gasteiger partial charge in [-0.05, 0) is 6.42 Å². The zero-order chi connectivity index (χ0) is 15.6. The Hall–Kier alpha value is -1.45. The average Bonchev–Trinajstić information content (AvgIpc) is 2.56. The van der Waals surface area contributed by atoms with E-state index in [1.54, 1.807) is 6.33 Å². The Kier molecular flexibility index (Phi) is 7.34. The summed E-state index contributed by atoms with van der Waals surface area (Å²) in [5.74, 6) is 0.292. The van der Waals surface area contributed by atoms with Gasteiger partial charge < -0.3 is 4.90 Å². The van der Waals surface area contributed by atoms with Gasteiger partial charge in [-0.1, -0.05) is 51.9 Å². The summed E-state index contributed by atoms with van der Waals surface area (Å²) >= 11 is 0. The fraction of sp³-hybridized carbons (Fsp3) is 0.722. The molecule has 0 N–H and O–H groups in total. The molecule has 4 heteroatoms. The molecule has 1 aromatic heterocycles. The lowest BCUT2D eigenvalue weighted by molar-refractivity contribution is -0.132. The van der Waals surface area contributed by atoms with E-state index in [-0.39, 0.29) is 0 Å². The zero-order valence-corrected chi connectivity index (χ0v) is 13.9. The first-order valence-electron chi connectivity index (χ1n) is 8.86. The van der Waals surface area contributed by atoms with Crippen molar-refractivity contribution in [1.29, 1.82) is 0 Å². The van der Waals surface area contributed by atoms with Gasteiger partial charge in [0, 0.05) is 37.7 Å². The van der Waals surface area contributed by atoms with Crippen LogP contribution in [0.3, 0.4) is 0 Å². The van der Waals surface area contributed by atoms with Crippen molar-refractivity contribution in [3.8, 4) is 0 Å². The second-order valence-electron chi connectivity index (χ2n) is 6.28. The Bertz CT molecular complexity index is 461. The second-order valence-corrected chi connectivity index (χ2v) is 6.28. The molecular formula is C18H29N3O. The fourth-order valence-electron chi connectivity index (χ4n) is 3.05. The minimum Gasteiger partial charge on any atom is -0.338 e. The van der Waals surface area contributed by atoms with Crippen molar-refractivity contribution in [2.75, 3.05) is 6.54 Å². The average molecular weight is 303 g/mol. The smallest absolute Gasteiger partial charge is 0.222 e. The van der Waals surface area contributed by atoms with Crippen LogP contribution in [-0.2, 0) is 17.8 Å². The molecule has 1 aliphatic rings. The van der Waals surface area contributed by atoms with Gasteiger partial charge in [-0.3, -0.25) is 4.79 Å². The predicted molar refractivity (Wildman–Crippen MR) is 88.4 cm³/mol. The molecular weight excluding hydrogens is 274 g/mol. The monoisotopic (exact) mass is 303 g/mol. The lowest BCUT2D eigenvalue weighted by Gasteiger charge is -2.27. The number of carbonyl (C=O) groups is 1. The number of carbonyl (C=O) groups excluding carboxylic acids is 1. The molecule has 0 spiro atoms. The molecule has 0 fully saturated rings. The number of hydrogen-bond donors (Lipinski definition) is 0. The largest absolute Gasteiger partial charge is 0.338 e. The molecule has 1 aromatic rings. The van der Waals surface area contributed by atoms with Gasteiger partial charge in [-0.15, -0.1) is 0 Å². The standard InChI is InChI=1S/C18H29N3O/c1-2-3-4-5-6-7-8-9-10-18(22)21-12-11-17-16(14-21)13-19-15-20-17/h13,15H,2-12,14H2,1H3. The Morgan fingerprint density at radius 1 is 1.14 bits per heavy atom. The highest BCUT2D eigenvalue weighted by atomic mass is 16.2. The van der Waals surface area contributed by atoms with Crippen molar-refractivity contribution >= 4 is 5.91 Å². The highest BCUT2D eigenvalue weighted by Crippen LogP contribution is 2.17. The predicted octanol–water partition coefficient (Wildman–Crippen LogP) is 3.89. The minimum absolute atomic E-state index is 0.292. The maximum Gasteiger partial charge on any atom is 0.222 e. The van der Waals surface area contributed by atoms with Gasteiger partial charge in [0.1, 0.15) is 6.33 Å². The summed E-state index contributed by atoms with van der Waals surface area (Å²) in [6.07, 6.45) is 15.2. The molecule has 0 aliphatic carbocycles. The molecule has 1 aliphatic heterocycles. The topological polar surface area (TPSA) is 46.1 Å². The second kappa shape index (κ2) is 9.54. The molecule has 0 saturated heterocycles. The normalized spacial score (nSPS) is 14.0. The van der Waals surface area contributed by atoms with E-state index >= 15 is 0 Å². The molecule has 0 atom stereocenters. The van der Waals surface area contributed by atoms with Gasteiger partial charge in [0.25, 0.3) is 0 Å². The summed E-state index contributed by atoms with van der Waals surface area (Å²) in [5, 5.41) is 0.